The quantitative estimate of drug-likeness (QED) is 0.610. The number of likely N-dealkylation sites (tertiary alicyclic amines) is 1. The average Bonchev–Trinajstić information content (AvgIpc) is 3.07. The van der Waals surface area contributed by atoms with Crippen molar-refractivity contribution in [3.8, 4) is 11.5 Å². The molecule has 2 atom stereocenters. The van der Waals surface area contributed by atoms with Crippen molar-refractivity contribution in [1.29, 1.82) is 0 Å². The number of fused-ring (bicyclic) bond motifs is 2. The fourth-order valence-electron chi connectivity index (χ4n) is 5.59. The van der Waals surface area contributed by atoms with E-state index in [1.54, 1.807) is 13.2 Å². The van der Waals surface area contributed by atoms with Crippen LogP contribution >= 0.6 is 11.8 Å². The van der Waals surface area contributed by atoms with Gasteiger partial charge in [-0.1, -0.05) is 36.4 Å². The third-order valence-corrected chi connectivity index (χ3v) is 7.60. The molecule has 4 rings (SSSR count). The number of hydrogen-bond acceptors (Lipinski definition) is 6. The van der Waals surface area contributed by atoms with Crippen LogP contribution in [0.25, 0.3) is 0 Å². The molecule has 2 aliphatic rings. The molecule has 0 radical (unpaired) electrons. The highest BCUT2D eigenvalue weighted by Crippen LogP contribution is 2.52. The molecule has 1 amide bonds. The Balaban J connectivity index is 1.53. The Kier molecular flexibility index (Phi) is 7.51. The normalized spacial score (nSPS) is 21.7. The molecule has 7 heteroatoms. The number of thioether (sulfide) groups is 1. The molecule has 1 aliphatic heterocycles. The van der Waals surface area contributed by atoms with E-state index in [4.69, 9.17) is 9.47 Å². The van der Waals surface area contributed by atoms with Gasteiger partial charge in [-0.05, 0) is 56.3 Å². The minimum absolute atomic E-state index is 0.0449. The second-order valence-corrected chi connectivity index (χ2v) is 9.72. The van der Waals surface area contributed by atoms with Gasteiger partial charge < -0.3 is 19.9 Å². The number of piperidine rings is 1. The van der Waals surface area contributed by atoms with E-state index in [0.717, 1.165) is 31.5 Å². The highest BCUT2D eigenvalue weighted by molar-refractivity contribution is 7.99. The number of benzene rings is 2. The van der Waals surface area contributed by atoms with Gasteiger partial charge in [0, 0.05) is 24.6 Å². The number of nitrogens with one attached hydrogen (secondary N) is 1. The van der Waals surface area contributed by atoms with Crippen molar-refractivity contribution in [2.75, 3.05) is 38.8 Å². The Bertz CT molecular complexity index is 975. The molecule has 2 N–H and O–H groups in total. The van der Waals surface area contributed by atoms with Gasteiger partial charge in [-0.2, -0.15) is 11.8 Å². The molecule has 0 bridgehead atoms. The van der Waals surface area contributed by atoms with Crippen molar-refractivity contribution in [2.45, 2.75) is 43.9 Å². The fourth-order valence-corrected chi connectivity index (χ4v) is 5.94. The van der Waals surface area contributed by atoms with Gasteiger partial charge in [0.15, 0.2) is 11.5 Å². The molecule has 1 heterocycles. The zero-order valence-corrected chi connectivity index (χ0v) is 20.5. The first-order valence-electron chi connectivity index (χ1n) is 11.6. The number of carbonyl (C=O) groups is 1. The van der Waals surface area contributed by atoms with Crippen LogP contribution in [-0.4, -0.2) is 60.8 Å². The third kappa shape index (κ3) is 4.59. The lowest BCUT2D eigenvalue weighted by Crippen LogP contribution is -2.50. The molecule has 6 nitrogen and oxygen atoms in total. The largest absolute Gasteiger partial charge is 0.504 e. The SMILES string of the molecule is CCOc1cccc(CN2CCC3(CC2)c2ccccc2[C@@H](NC(=O)CSC)[C@@H]3OC)c1O. The Labute approximate surface area is 200 Å². The van der Waals surface area contributed by atoms with E-state index in [9.17, 15) is 9.90 Å². The zero-order valence-electron chi connectivity index (χ0n) is 19.7. The molecular weight excluding hydrogens is 436 g/mol. The zero-order chi connectivity index (χ0) is 23.4. The Morgan fingerprint density at radius 2 is 1.97 bits per heavy atom. The van der Waals surface area contributed by atoms with Crippen LogP contribution in [0, 0.1) is 0 Å². The van der Waals surface area contributed by atoms with E-state index < -0.39 is 0 Å². The van der Waals surface area contributed by atoms with E-state index in [0.29, 0.717) is 24.7 Å². The van der Waals surface area contributed by atoms with Gasteiger partial charge in [0.05, 0.1) is 24.5 Å². The molecule has 1 fully saturated rings. The maximum atomic E-state index is 12.5. The van der Waals surface area contributed by atoms with Crippen LogP contribution in [0.1, 0.15) is 42.5 Å². The molecule has 33 heavy (non-hydrogen) atoms. The first-order chi connectivity index (χ1) is 16.0. The lowest BCUT2D eigenvalue weighted by atomic mass is 9.72. The monoisotopic (exact) mass is 470 g/mol. The van der Waals surface area contributed by atoms with Crippen molar-refractivity contribution >= 4 is 17.7 Å². The van der Waals surface area contributed by atoms with Gasteiger partial charge >= 0.3 is 0 Å². The summed E-state index contributed by atoms with van der Waals surface area (Å²) in [6, 6.07) is 14.0. The number of rotatable bonds is 8. The predicted octanol–water partition coefficient (Wildman–Crippen LogP) is 3.87. The summed E-state index contributed by atoms with van der Waals surface area (Å²) >= 11 is 1.53. The molecular formula is C26H34N2O4S. The van der Waals surface area contributed by atoms with Crippen molar-refractivity contribution in [1.82, 2.24) is 10.2 Å². The highest BCUT2D eigenvalue weighted by atomic mass is 32.2. The number of methoxy groups -OCH3 is 1. The van der Waals surface area contributed by atoms with Gasteiger partial charge in [-0.15, -0.1) is 0 Å². The van der Waals surface area contributed by atoms with E-state index >= 15 is 0 Å². The number of aromatic hydroxyl groups is 1. The summed E-state index contributed by atoms with van der Waals surface area (Å²) in [6.07, 6.45) is 3.71. The topological polar surface area (TPSA) is 71.0 Å². The van der Waals surface area contributed by atoms with Crippen LogP contribution in [0.15, 0.2) is 42.5 Å². The number of ether oxygens (including phenoxy) is 2. The maximum Gasteiger partial charge on any atom is 0.230 e. The standard InChI is InChI=1S/C26H34N2O4S/c1-4-32-21-11-7-8-18(24(21)30)16-28-14-12-26(13-15-28)20-10-6-5-9-19(20)23(25(26)31-2)27-22(29)17-33-3/h5-11,23,25,30H,4,12-17H2,1-3H3,(H,27,29)/t23-,25+/m1/s1. The summed E-state index contributed by atoms with van der Waals surface area (Å²) in [5.74, 6) is 1.26. The van der Waals surface area contributed by atoms with Crippen LogP contribution in [0.3, 0.4) is 0 Å². The van der Waals surface area contributed by atoms with Gasteiger partial charge in [0.1, 0.15) is 0 Å². The second kappa shape index (κ2) is 10.4. The molecule has 178 valence electrons. The van der Waals surface area contributed by atoms with E-state index in [1.807, 2.05) is 31.4 Å². The number of para-hydroxylation sites is 1. The summed E-state index contributed by atoms with van der Waals surface area (Å²) in [6.45, 7) is 4.89. The third-order valence-electron chi connectivity index (χ3n) is 7.05. The summed E-state index contributed by atoms with van der Waals surface area (Å²) in [4.78, 5) is 14.9. The number of hydrogen-bond donors (Lipinski definition) is 2. The molecule has 0 unspecified atom stereocenters. The van der Waals surface area contributed by atoms with Gasteiger partial charge in [0.2, 0.25) is 5.91 Å². The molecule has 1 aliphatic carbocycles. The Morgan fingerprint density at radius 1 is 1.21 bits per heavy atom. The predicted molar refractivity (Wildman–Crippen MR) is 132 cm³/mol. The number of phenols is 1. The van der Waals surface area contributed by atoms with Crippen molar-refractivity contribution in [2.24, 2.45) is 0 Å². The number of phenolic OH excluding ortho intramolecular Hbond substituents is 1. The Hall–Kier alpha value is -2.22. The minimum Gasteiger partial charge on any atom is -0.504 e. The average molecular weight is 471 g/mol. The maximum absolute atomic E-state index is 12.5. The lowest BCUT2D eigenvalue weighted by molar-refractivity contribution is -0.121. The Morgan fingerprint density at radius 3 is 2.67 bits per heavy atom. The summed E-state index contributed by atoms with van der Waals surface area (Å²) in [5, 5.41) is 13.9. The molecule has 1 saturated heterocycles. The van der Waals surface area contributed by atoms with Crippen LogP contribution in [0.5, 0.6) is 11.5 Å². The van der Waals surface area contributed by atoms with Crippen LogP contribution in [0.2, 0.25) is 0 Å². The molecule has 1 spiro atoms. The van der Waals surface area contributed by atoms with Crippen molar-refractivity contribution < 1.29 is 19.4 Å². The molecule has 0 aromatic heterocycles. The number of carbonyl (C=O) groups excluding carboxylic acids is 1. The van der Waals surface area contributed by atoms with E-state index in [2.05, 4.69) is 28.4 Å². The highest BCUT2D eigenvalue weighted by Gasteiger charge is 2.53. The smallest absolute Gasteiger partial charge is 0.230 e. The number of amides is 1. The molecule has 2 aromatic carbocycles. The number of nitrogens with zero attached hydrogens (tertiary/aromatic N) is 1. The molecule has 0 saturated carbocycles. The van der Waals surface area contributed by atoms with E-state index in [-0.39, 0.29) is 29.2 Å². The lowest BCUT2D eigenvalue weighted by Gasteiger charge is -2.44. The first-order valence-corrected chi connectivity index (χ1v) is 13.0. The summed E-state index contributed by atoms with van der Waals surface area (Å²) < 4.78 is 11.6. The van der Waals surface area contributed by atoms with Gasteiger partial charge in [-0.25, -0.2) is 0 Å². The second-order valence-electron chi connectivity index (χ2n) is 8.85. The van der Waals surface area contributed by atoms with Gasteiger partial charge in [-0.3, -0.25) is 9.69 Å². The first kappa shape index (κ1) is 23.9. The van der Waals surface area contributed by atoms with Crippen LogP contribution in [-0.2, 0) is 21.5 Å². The van der Waals surface area contributed by atoms with Crippen LogP contribution < -0.4 is 10.1 Å². The fraction of sp³-hybridized carbons (Fsp3) is 0.500. The van der Waals surface area contributed by atoms with Gasteiger partial charge in [0.25, 0.3) is 0 Å². The van der Waals surface area contributed by atoms with Crippen LogP contribution in [0.4, 0.5) is 0 Å². The molecule has 2 aromatic rings. The van der Waals surface area contributed by atoms with E-state index in [1.165, 1.54) is 22.9 Å². The van der Waals surface area contributed by atoms with Crippen molar-refractivity contribution in [3.05, 3.63) is 59.2 Å². The summed E-state index contributed by atoms with van der Waals surface area (Å²) in [7, 11) is 1.76. The van der Waals surface area contributed by atoms with Crippen molar-refractivity contribution in [3.63, 3.8) is 0 Å². The minimum atomic E-state index is -0.135. The summed E-state index contributed by atoms with van der Waals surface area (Å²) in [5.41, 5.74) is 3.23.